The first-order chi connectivity index (χ1) is 10.3. The highest BCUT2D eigenvalue weighted by Crippen LogP contribution is 2.40. The first-order valence-electron chi connectivity index (χ1n) is 8.07. The van der Waals surface area contributed by atoms with Crippen molar-refractivity contribution in [3.63, 3.8) is 0 Å². The third-order valence-electron chi connectivity index (χ3n) is 4.96. The molecular weight excluding hydrogens is 256 g/mol. The van der Waals surface area contributed by atoms with Crippen molar-refractivity contribution in [3.05, 3.63) is 71.3 Å². The summed E-state index contributed by atoms with van der Waals surface area (Å²) in [6.07, 6.45) is 6.80. The van der Waals surface area contributed by atoms with E-state index in [-0.39, 0.29) is 12.0 Å². The zero-order valence-corrected chi connectivity index (χ0v) is 12.6. The SMILES string of the molecule is OCC1(CCCc2ccccc2)CCCc2ccccc21. The van der Waals surface area contributed by atoms with Crippen molar-refractivity contribution in [2.24, 2.45) is 0 Å². The zero-order chi connectivity index (χ0) is 14.5. The van der Waals surface area contributed by atoms with Crippen molar-refractivity contribution < 1.29 is 5.11 Å². The summed E-state index contributed by atoms with van der Waals surface area (Å²) in [6.45, 7) is 0.277. The maximum atomic E-state index is 10.1. The summed E-state index contributed by atoms with van der Waals surface area (Å²) >= 11 is 0. The molecule has 1 nitrogen and oxygen atoms in total. The molecule has 0 saturated heterocycles. The maximum Gasteiger partial charge on any atom is 0.0528 e. The average molecular weight is 280 g/mol. The fourth-order valence-electron chi connectivity index (χ4n) is 3.79. The number of aryl methyl sites for hydroxylation is 2. The number of benzene rings is 2. The van der Waals surface area contributed by atoms with Crippen LogP contribution in [0.1, 0.15) is 42.4 Å². The summed E-state index contributed by atoms with van der Waals surface area (Å²) in [5, 5.41) is 10.1. The third-order valence-corrected chi connectivity index (χ3v) is 4.96. The number of hydrogen-bond donors (Lipinski definition) is 1. The molecule has 0 bridgehead atoms. The minimum Gasteiger partial charge on any atom is -0.395 e. The molecule has 2 aromatic rings. The molecule has 110 valence electrons. The van der Waals surface area contributed by atoms with E-state index in [2.05, 4.69) is 54.6 Å². The molecule has 0 radical (unpaired) electrons. The molecule has 1 N–H and O–H groups in total. The van der Waals surface area contributed by atoms with E-state index >= 15 is 0 Å². The Morgan fingerprint density at radius 3 is 2.52 bits per heavy atom. The molecule has 0 fully saturated rings. The molecule has 1 heteroatoms. The Hall–Kier alpha value is -1.60. The van der Waals surface area contributed by atoms with Crippen LogP contribution in [-0.4, -0.2) is 11.7 Å². The van der Waals surface area contributed by atoms with E-state index < -0.39 is 0 Å². The molecule has 0 heterocycles. The van der Waals surface area contributed by atoms with Crippen LogP contribution in [0.25, 0.3) is 0 Å². The first kappa shape index (κ1) is 14.3. The molecule has 0 aromatic heterocycles. The molecule has 0 spiro atoms. The molecule has 3 rings (SSSR count). The summed E-state index contributed by atoms with van der Waals surface area (Å²) in [4.78, 5) is 0. The highest BCUT2D eigenvalue weighted by molar-refractivity contribution is 5.37. The van der Waals surface area contributed by atoms with Gasteiger partial charge in [-0.3, -0.25) is 0 Å². The molecule has 21 heavy (non-hydrogen) atoms. The minimum atomic E-state index is -0.0103. The van der Waals surface area contributed by atoms with E-state index in [1.165, 1.54) is 23.1 Å². The van der Waals surface area contributed by atoms with Crippen molar-refractivity contribution in [1.82, 2.24) is 0 Å². The number of aliphatic hydroxyl groups is 1. The summed E-state index contributed by atoms with van der Waals surface area (Å²) in [6, 6.07) is 19.4. The van der Waals surface area contributed by atoms with Gasteiger partial charge >= 0.3 is 0 Å². The highest BCUT2D eigenvalue weighted by Gasteiger charge is 2.35. The van der Waals surface area contributed by atoms with Crippen molar-refractivity contribution in [3.8, 4) is 0 Å². The summed E-state index contributed by atoms with van der Waals surface area (Å²) in [7, 11) is 0. The predicted octanol–water partition coefficient (Wildman–Crippen LogP) is 4.28. The standard InChI is InChI=1S/C20H24O/c21-16-20(14-6-10-17-8-2-1-3-9-17)15-7-12-18-11-4-5-13-19(18)20/h1-5,8-9,11,13,21H,6-7,10,12,14-16H2. The lowest BCUT2D eigenvalue weighted by Gasteiger charge is -2.38. The Labute approximate surface area is 127 Å². The molecule has 0 aliphatic heterocycles. The summed E-state index contributed by atoms with van der Waals surface area (Å²) < 4.78 is 0. The second-order valence-electron chi connectivity index (χ2n) is 6.29. The molecule has 1 unspecified atom stereocenters. The largest absolute Gasteiger partial charge is 0.395 e. The van der Waals surface area contributed by atoms with E-state index in [1.807, 2.05) is 0 Å². The number of hydrogen-bond acceptors (Lipinski definition) is 1. The molecule has 0 amide bonds. The van der Waals surface area contributed by atoms with E-state index in [9.17, 15) is 5.11 Å². The lowest BCUT2D eigenvalue weighted by atomic mass is 9.67. The van der Waals surface area contributed by atoms with Crippen molar-refractivity contribution in [2.75, 3.05) is 6.61 Å². The van der Waals surface area contributed by atoms with Gasteiger partial charge < -0.3 is 5.11 Å². The fraction of sp³-hybridized carbons (Fsp3) is 0.400. The first-order valence-corrected chi connectivity index (χ1v) is 8.07. The van der Waals surface area contributed by atoms with Gasteiger partial charge in [0.1, 0.15) is 0 Å². The fourth-order valence-corrected chi connectivity index (χ4v) is 3.79. The third kappa shape index (κ3) is 3.03. The second-order valence-corrected chi connectivity index (χ2v) is 6.29. The van der Waals surface area contributed by atoms with Crippen molar-refractivity contribution in [1.29, 1.82) is 0 Å². The normalized spacial score (nSPS) is 21.0. The smallest absolute Gasteiger partial charge is 0.0528 e. The van der Waals surface area contributed by atoms with E-state index in [1.54, 1.807) is 0 Å². The number of fused-ring (bicyclic) bond motifs is 1. The Balaban J connectivity index is 1.73. The number of rotatable bonds is 5. The summed E-state index contributed by atoms with van der Waals surface area (Å²) in [5.74, 6) is 0. The van der Waals surface area contributed by atoms with Crippen LogP contribution in [0, 0.1) is 0 Å². The van der Waals surface area contributed by atoms with Crippen LogP contribution in [0.4, 0.5) is 0 Å². The van der Waals surface area contributed by atoms with Gasteiger partial charge in [0.15, 0.2) is 0 Å². The molecule has 2 aromatic carbocycles. The van der Waals surface area contributed by atoms with Crippen LogP contribution in [-0.2, 0) is 18.3 Å². The van der Waals surface area contributed by atoms with Gasteiger partial charge in [0.2, 0.25) is 0 Å². The van der Waals surface area contributed by atoms with Gasteiger partial charge in [0, 0.05) is 5.41 Å². The quantitative estimate of drug-likeness (QED) is 0.867. The van der Waals surface area contributed by atoms with Crippen LogP contribution >= 0.6 is 0 Å². The minimum absolute atomic E-state index is 0.0103. The molecule has 1 atom stereocenters. The van der Waals surface area contributed by atoms with Gasteiger partial charge in [-0.05, 0) is 55.2 Å². The van der Waals surface area contributed by atoms with Crippen LogP contribution in [0.5, 0.6) is 0 Å². The van der Waals surface area contributed by atoms with Crippen LogP contribution in [0.15, 0.2) is 54.6 Å². The van der Waals surface area contributed by atoms with Crippen molar-refractivity contribution in [2.45, 2.75) is 43.9 Å². The van der Waals surface area contributed by atoms with E-state index in [0.29, 0.717) is 0 Å². The van der Waals surface area contributed by atoms with Gasteiger partial charge in [-0.15, -0.1) is 0 Å². The van der Waals surface area contributed by atoms with E-state index in [4.69, 9.17) is 0 Å². The van der Waals surface area contributed by atoms with Crippen molar-refractivity contribution >= 4 is 0 Å². The van der Waals surface area contributed by atoms with Crippen LogP contribution < -0.4 is 0 Å². The van der Waals surface area contributed by atoms with E-state index in [0.717, 1.165) is 32.1 Å². The zero-order valence-electron chi connectivity index (χ0n) is 12.6. The molecule has 1 aliphatic rings. The average Bonchev–Trinajstić information content (AvgIpc) is 2.56. The Morgan fingerprint density at radius 2 is 1.71 bits per heavy atom. The lowest BCUT2D eigenvalue weighted by Crippen LogP contribution is -2.34. The molecule has 1 aliphatic carbocycles. The van der Waals surface area contributed by atoms with Gasteiger partial charge in [-0.25, -0.2) is 0 Å². The van der Waals surface area contributed by atoms with Gasteiger partial charge in [0.05, 0.1) is 6.61 Å². The van der Waals surface area contributed by atoms with Gasteiger partial charge in [-0.2, -0.15) is 0 Å². The lowest BCUT2D eigenvalue weighted by molar-refractivity contribution is 0.162. The monoisotopic (exact) mass is 280 g/mol. The summed E-state index contributed by atoms with van der Waals surface area (Å²) in [5.41, 5.74) is 4.22. The topological polar surface area (TPSA) is 20.2 Å². The highest BCUT2D eigenvalue weighted by atomic mass is 16.3. The maximum absolute atomic E-state index is 10.1. The van der Waals surface area contributed by atoms with Crippen LogP contribution in [0.3, 0.4) is 0 Å². The Bertz CT molecular complexity index is 575. The van der Waals surface area contributed by atoms with Crippen LogP contribution in [0.2, 0.25) is 0 Å². The van der Waals surface area contributed by atoms with Gasteiger partial charge in [-0.1, -0.05) is 54.6 Å². The molecule has 0 saturated carbocycles. The molecular formula is C20H24O. The predicted molar refractivity (Wildman–Crippen MR) is 87.5 cm³/mol. The number of aliphatic hydroxyl groups excluding tert-OH is 1. The van der Waals surface area contributed by atoms with Gasteiger partial charge in [0.25, 0.3) is 0 Å². The Kier molecular flexibility index (Phi) is 4.40. The Morgan fingerprint density at radius 1 is 0.952 bits per heavy atom. The second kappa shape index (κ2) is 6.44.